The number of aromatic nitrogens is 1. The number of nitrogens with two attached hydrogens (primary N) is 1. The number of hydrogen-bond donors (Lipinski definition) is 1. The lowest BCUT2D eigenvalue weighted by atomic mass is 10.1. The topological polar surface area (TPSA) is 40.2 Å². The molecule has 0 fully saturated rings. The molecule has 0 aliphatic carbocycles. The van der Waals surface area contributed by atoms with Crippen molar-refractivity contribution < 1.29 is 4.74 Å². The molecule has 0 aliphatic heterocycles. The summed E-state index contributed by atoms with van der Waals surface area (Å²) in [5.41, 5.74) is 8.48. The Bertz CT molecular complexity index is 493. The molecule has 2 rings (SSSR count). The Morgan fingerprint density at radius 3 is 2.72 bits per heavy atom. The standard InChI is InChI=1S/C14H20N2O.ClH/c1-11(15)9-12-10-16(7-8-17-2)14-6-4-3-5-13(12)14;/h3-6,10-11H,7-9,15H2,1-2H3;1H. The monoisotopic (exact) mass is 268 g/mol. The van der Waals surface area contributed by atoms with E-state index in [0.29, 0.717) is 0 Å². The van der Waals surface area contributed by atoms with E-state index in [2.05, 4.69) is 35.0 Å². The Balaban J connectivity index is 0.00000162. The van der Waals surface area contributed by atoms with Gasteiger partial charge in [-0.3, -0.25) is 0 Å². The average molecular weight is 269 g/mol. The van der Waals surface area contributed by atoms with E-state index in [0.717, 1.165) is 19.6 Å². The summed E-state index contributed by atoms with van der Waals surface area (Å²) < 4.78 is 7.39. The second-order valence-electron chi connectivity index (χ2n) is 4.54. The first-order chi connectivity index (χ1) is 8.22. The minimum atomic E-state index is 0. The van der Waals surface area contributed by atoms with Gasteiger partial charge in [0.2, 0.25) is 0 Å². The maximum atomic E-state index is 5.89. The van der Waals surface area contributed by atoms with E-state index in [1.54, 1.807) is 7.11 Å². The van der Waals surface area contributed by atoms with E-state index >= 15 is 0 Å². The number of hydrogen-bond acceptors (Lipinski definition) is 2. The minimum absolute atomic E-state index is 0. The van der Waals surface area contributed by atoms with Crippen LogP contribution in [-0.4, -0.2) is 24.3 Å². The van der Waals surface area contributed by atoms with Gasteiger partial charge in [0, 0.05) is 36.8 Å². The van der Waals surface area contributed by atoms with E-state index in [1.807, 2.05) is 6.92 Å². The summed E-state index contributed by atoms with van der Waals surface area (Å²) in [7, 11) is 1.73. The van der Waals surface area contributed by atoms with Crippen LogP contribution in [0.15, 0.2) is 30.5 Å². The first-order valence-corrected chi connectivity index (χ1v) is 6.03. The van der Waals surface area contributed by atoms with Crippen molar-refractivity contribution in [2.24, 2.45) is 5.73 Å². The predicted molar refractivity (Wildman–Crippen MR) is 78.4 cm³/mol. The van der Waals surface area contributed by atoms with Gasteiger partial charge in [-0.05, 0) is 25.0 Å². The molecule has 3 nitrogen and oxygen atoms in total. The molecule has 1 unspecified atom stereocenters. The highest BCUT2D eigenvalue weighted by Gasteiger charge is 2.09. The van der Waals surface area contributed by atoms with Gasteiger partial charge in [-0.15, -0.1) is 12.4 Å². The molecule has 2 N–H and O–H groups in total. The zero-order valence-corrected chi connectivity index (χ0v) is 11.7. The Hall–Kier alpha value is -1.03. The van der Waals surface area contributed by atoms with Gasteiger partial charge in [-0.25, -0.2) is 0 Å². The lowest BCUT2D eigenvalue weighted by Gasteiger charge is -2.03. The zero-order valence-electron chi connectivity index (χ0n) is 10.9. The molecule has 0 aliphatic rings. The molecule has 2 aromatic rings. The normalized spacial score (nSPS) is 12.4. The van der Waals surface area contributed by atoms with Gasteiger partial charge in [-0.1, -0.05) is 18.2 Å². The molecule has 0 spiro atoms. The molecule has 0 saturated heterocycles. The Morgan fingerprint density at radius 2 is 2.06 bits per heavy atom. The molecule has 1 aromatic heterocycles. The van der Waals surface area contributed by atoms with E-state index in [4.69, 9.17) is 10.5 Å². The molecule has 18 heavy (non-hydrogen) atoms. The van der Waals surface area contributed by atoms with Gasteiger partial charge in [0.1, 0.15) is 0 Å². The van der Waals surface area contributed by atoms with Gasteiger partial charge in [0.15, 0.2) is 0 Å². The third-order valence-corrected chi connectivity index (χ3v) is 2.95. The third kappa shape index (κ3) is 3.25. The SMILES string of the molecule is COCCn1cc(CC(C)N)c2ccccc21.Cl. The van der Waals surface area contributed by atoms with Crippen LogP contribution >= 0.6 is 12.4 Å². The number of methoxy groups -OCH3 is 1. The van der Waals surface area contributed by atoms with Crippen molar-refractivity contribution in [1.29, 1.82) is 0 Å². The summed E-state index contributed by atoms with van der Waals surface area (Å²) >= 11 is 0. The van der Waals surface area contributed by atoms with Crippen LogP contribution < -0.4 is 5.73 Å². The minimum Gasteiger partial charge on any atom is -0.383 e. The Morgan fingerprint density at radius 1 is 1.33 bits per heavy atom. The fourth-order valence-electron chi connectivity index (χ4n) is 2.21. The Labute approximate surface area is 114 Å². The number of fused-ring (bicyclic) bond motifs is 1. The molecule has 0 amide bonds. The van der Waals surface area contributed by atoms with E-state index in [1.165, 1.54) is 16.5 Å². The van der Waals surface area contributed by atoms with Gasteiger partial charge >= 0.3 is 0 Å². The first kappa shape index (κ1) is 15.0. The summed E-state index contributed by atoms with van der Waals surface area (Å²) in [4.78, 5) is 0. The average Bonchev–Trinajstić information content (AvgIpc) is 2.65. The fraction of sp³-hybridized carbons (Fsp3) is 0.429. The van der Waals surface area contributed by atoms with Gasteiger partial charge in [-0.2, -0.15) is 0 Å². The summed E-state index contributed by atoms with van der Waals surface area (Å²) in [5.74, 6) is 0. The fourth-order valence-corrected chi connectivity index (χ4v) is 2.21. The second-order valence-corrected chi connectivity index (χ2v) is 4.54. The number of ether oxygens (including phenoxy) is 1. The van der Waals surface area contributed by atoms with Crippen molar-refractivity contribution in [3.05, 3.63) is 36.0 Å². The van der Waals surface area contributed by atoms with E-state index in [-0.39, 0.29) is 18.4 Å². The molecular weight excluding hydrogens is 248 g/mol. The van der Waals surface area contributed by atoms with Crippen LogP contribution in [0.1, 0.15) is 12.5 Å². The van der Waals surface area contributed by atoms with Crippen molar-refractivity contribution in [3.63, 3.8) is 0 Å². The lowest BCUT2D eigenvalue weighted by molar-refractivity contribution is 0.188. The quantitative estimate of drug-likeness (QED) is 0.906. The van der Waals surface area contributed by atoms with Gasteiger partial charge in [0.25, 0.3) is 0 Å². The highest BCUT2D eigenvalue weighted by Crippen LogP contribution is 2.22. The first-order valence-electron chi connectivity index (χ1n) is 6.03. The van der Waals surface area contributed by atoms with Crippen molar-refractivity contribution >= 4 is 23.3 Å². The number of rotatable bonds is 5. The third-order valence-electron chi connectivity index (χ3n) is 2.95. The highest BCUT2D eigenvalue weighted by atomic mass is 35.5. The molecule has 0 saturated carbocycles. The van der Waals surface area contributed by atoms with Crippen LogP contribution in [0.5, 0.6) is 0 Å². The smallest absolute Gasteiger partial charge is 0.0641 e. The largest absolute Gasteiger partial charge is 0.383 e. The second kappa shape index (κ2) is 6.78. The molecule has 1 aromatic carbocycles. The molecule has 0 bridgehead atoms. The van der Waals surface area contributed by atoms with Gasteiger partial charge in [0.05, 0.1) is 6.61 Å². The number of halogens is 1. The van der Waals surface area contributed by atoms with Crippen LogP contribution in [-0.2, 0) is 17.7 Å². The number of para-hydroxylation sites is 1. The lowest BCUT2D eigenvalue weighted by Crippen LogP contribution is -2.17. The van der Waals surface area contributed by atoms with Crippen LogP contribution in [0.2, 0.25) is 0 Å². The maximum Gasteiger partial charge on any atom is 0.0641 e. The number of benzene rings is 1. The summed E-state index contributed by atoms with van der Waals surface area (Å²) in [5, 5.41) is 1.31. The van der Waals surface area contributed by atoms with E-state index in [9.17, 15) is 0 Å². The predicted octanol–water partition coefficient (Wildman–Crippen LogP) is 2.60. The summed E-state index contributed by atoms with van der Waals surface area (Å²) in [6.45, 7) is 3.66. The number of nitrogens with zero attached hydrogens (tertiary/aromatic N) is 1. The molecule has 0 radical (unpaired) electrons. The molecule has 100 valence electrons. The molecule has 4 heteroatoms. The molecular formula is C14H21ClN2O. The summed E-state index contributed by atoms with van der Waals surface area (Å²) in [6, 6.07) is 8.65. The van der Waals surface area contributed by atoms with Crippen molar-refractivity contribution in [1.82, 2.24) is 4.57 Å². The van der Waals surface area contributed by atoms with Crippen LogP contribution in [0.25, 0.3) is 10.9 Å². The van der Waals surface area contributed by atoms with Gasteiger partial charge < -0.3 is 15.0 Å². The molecule has 1 heterocycles. The molecule has 1 atom stereocenters. The van der Waals surface area contributed by atoms with E-state index < -0.39 is 0 Å². The van der Waals surface area contributed by atoms with Crippen molar-refractivity contribution in [3.8, 4) is 0 Å². The maximum absolute atomic E-state index is 5.89. The van der Waals surface area contributed by atoms with Crippen LogP contribution in [0, 0.1) is 0 Å². The van der Waals surface area contributed by atoms with Crippen molar-refractivity contribution in [2.75, 3.05) is 13.7 Å². The van der Waals surface area contributed by atoms with Crippen molar-refractivity contribution in [2.45, 2.75) is 25.9 Å². The van der Waals surface area contributed by atoms with Crippen LogP contribution in [0.4, 0.5) is 0 Å². The summed E-state index contributed by atoms with van der Waals surface area (Å²) in [6.07, 6.45) is 3.12. The highest BCUT2D eigenvalue weighted by molar-refractivity contribution is 5.85. The zero-order chi connectivity index (χ0) is 12.3. The van der Waals surface area contributed by atoms with Crippen LogP contribution in [0.3, 0.4) is 0 Å². The Kier molecular flexibility index (Phi) is 5.66.